The maximum Gasteiger partial charge on any atom is 0.166 e. The van der Waals surface area contributed by atoms with Crippen molar-refractivity contribution in [2.45, 2.75) is 31.7 Å². The lowest BCUT2D eigenvalue weighted by atomic mass is 9.91. The quantitative estimate of drug-likeness (QED) is 0.891. The van der Waals surface area contributed by atoms with Crippen molar-refractivity contribution >= 4 is 0 Å². The van der Waals surface area contributed by atoms with Crippen molar-refractivity contribution in [2.24, 2.45) is 5.92 Å². The van der Waals surface area contributed by atoms with Crippen LogP contribution in [-0.2, 0) is 0 Å². The number of hydrogen-bond donors (Lipinski definition) is 1. The number of rotatable bonds is 3. The van der Waals surface area contributed by atoms with Crippen LogP contribution in [0, 0.1) is 5.92 Å². The molecule has 1 aliphatic heterocycles. The zero-order chi connectivity index (χ0) is 12.4. The highest BCUT2D eigenvalue weighted by molar-refractivity contribution is 5.49. The number of fused-ring (bicyclic) bond motifs is 1. The van der Waals surface area contributed by atoms with Crippen LogP contribution in [0.15, 0.2) is 18.2 Å². The SMILES string of the molecule is CNC(c1cccc2c1OCCO2)C1CCCC1. The Labute approximate surface area is 108 Å². The van der Waals surface area contributed by atoms with E-state index in [0.717, 1.165) is 17.4 Å². The Bertz CT molecular complexity index is 413. The predicted octanol–water partition coefficient (Wildman–Crippen LogP) is 2.91. The first-order valence-corrected chi connectivity index (χ1v) is 6.96. The highest BCUT2D eigenvalue weighted by Gasteiger charge is 2.29. The molecule has 1 N–H and O–H groups in total. The molecule has 1 aromatic rings. The molecule has 3 rings (SSSR count). The van der Waals surface area contributed by atoms with Crippen molar-refractivity contribution < 1.29 is 9.47 Å². The van der Waals surface area contributed by atoms with Crippen LogP contribution >= 0.6 is 0 Å². The molecule has 1 atom stereocenters. The summed E-state index contributed by atoms with van der Waals surface area (Å²) in [5.74, 6) is 2.58. The van der Waals surface area contributed by atoms with Gasteiger partial charge in [-0.15, -0.1) is 0 Å². The fourth-order valence-corrected chi connectivity index (χ4v) is 3.28. The van der Waals surface area contributed by atoms with E-state index in [1.54, 1.807) is 0 Å². The summed E-state index contributed by atoms with van der Waals surface area (Å²) in [5.41, 5.74) is 1.27. The molecular formula is C15H21NO2. The van der Waals surface area contributed by atoms with Gasteiger partial charge in [0.25, 0.3) is 0 Å². The minimum Gasteiger partial charge on any atom is -0.486 e. The van der Waals surface area contributed by atoms with Crippen molar-refractivity contribution in [3.63, 3.8) is 0 Å². The monoisotopic (exact) mass is 247 g/mol. The summed E-state index contributed by atoms with van der Waals surface area (Å²) < 4.78 is 11.5. The van der Waals surface area contributed by atoms with Crippen LogP contribution in [0.3, 0.4) is 0 Å². The zero-order valence-corrected chi connectivity index (χ0v) is 10.9. The van der Waals surface area contributed by atoms with Crippen molar-refractivity contribution in [3.05, 3.63) is 23.8 Å². The lowest BCUT2D eigenvalue weighted by Gasteiger charge is -2.28. The summed E-state index contributed by atoms with van der Waals surface area (Å²) in [6, 6.07) is 6.64. The molecule has 3 heteroatoms. The third-order valence-corrected chi connectivity index (χ3v) is 4.11. The number of para-hydroxylation sites is 1. The van der Waals surface area contributed by atoms with Gasteiger partial charge in [0.15, 0.2) is 11.5 Å². The molecule has 0 spiro atoms. The van der Waals surface area contributed by atoms with Crippen LogP contribution in [0.1, 0.15) is 37.3 Å². The summed E-state index contributed by atoms with van der Waals surface area (Å²) in [6.07, 6.45) is 5.34. The van der Waals surface area contributed by atoms with E-state index in [9.17, 15) is 0 Å². The second-order valence-corrected chi connectivity index (χ2v) is 5.18. The minimum absolute atomic E-state index is 0.393. The average Bonchev–Trinajstić information content (AvgIpc) is 2.94. The molecule has 0 bridgehead atoms. The van der Waals surface area contributed by atoms with Gasteiger partial charge < -0.3 is 14.8 Å². The molecule has 1 aromatic carbocycles. The van der Waals surface area contributed by atoms with E-state index in [1.165, 1.54) is 31.2 Å². The van der Waals surface area contributed by atoms with Crippen LogP contribution in [-0.4, -0.2) is 20.3 Å². The molecule has 1 aliphatic carbocycles. The smallest absolute Gasteiger partial charge is 0.166 e. The molecule has 3 nitrogen and oxygen atoms in total. The van der Waals surface area contributed by atoms with Crippen LogP contribution in [0.4, 0.5) is 0 Å². The Balaban J connectivity index is 1.93. The highest BCUT2D eigenvalue weighted by Crippen LogP contribution is 2.43. The van der Waals surface area contributed by atoms with Crippen LogP contribution in [0.25, 0.3) is 0 Å². The first kappa shape index (κ1) is 11.8. The van der Waals surface area contributed by atoms with Gasteiger partial charge in [-0.2, -0.15) is 0 Å². The van der Waals surface area contributed by atoms with Gasteiger partial charge in [0, 0.05) is 11.6 Å². The number of benzene rings is 1. The van der Waals surface area contributed by atoms with E-state index < -0.39 is 0 Å². The summed E-state index contributed by atoms with van der Waals surface area (Å²) in [6.45, 7) is 1.31. The third-order valence-electron chi connectivity index (χ3n) is 4.11. The van der Waals surface area contributed by atoms with Crippen molar-refractivity contribution in [1.29, 1.82) is 0 Å². The van der Waals surface area contributed by atoms with Gasteiger partial charge in [0.2, 0.25) is 0 Å². The average molecular weight is 247 g/mol. The Hall–Kier alpha value is -1.22. The fourth-order valence-electron chi connectivity index (χ4n) is 3.28. The van der Waals surface area contributed by atoms with Crippen LogP contribution in [0.5, 0.6) is 11.5 Å². The molecule has 1 unspecified atom stereocenters. The molecule has 1 heterocycles. The molecule has 0 radical (unpaired) electrons. The summed E-state index contributed by atoms with van der Waals surface area (Å²) in [5, 5.41) is 3.47. The maximum absolute atomic E-state index is 5.83. The second-order valence-electron chi connectivity index (χ2n) is 5.18. The van der Waals surface area contributed by atoms with E-state index in [4.69, 9.17) is 9.47 Å². The van der Waals surface area contributed by atoms with Gasteiger partial charge in [-0.05, 0) is 31.9 Å². The first-order chi connectivity index (χ1) is 8.90. The van der Waals surface area contributed by atoms with Crippen molar-refractivity contribution in [1.82, 2.24) is 5.32 Å². The van der Waals surface area contributed by atoms with E-state index >= 15 is 0 Å². The lowest BCUT2D eigenvalue weighted by Crippen LogP contribution is -2.26. The molecule has 98 valence electrons. The van der Waals surface area contributed by atoms with Crippen LogP contribution < -0.4 is 14.8 Å². The number of hydrogen-bond acceptors (Lipinski definition) is 3. The van der Waals surface area contributed by atoms with Gasteiger partial charge in [-0.25, -0.2) is 0 Å². The highest BCUT2D eigenvalue weighted by atomic mass is 16.6. The Morgan fingerprint density at radius 2 is 1.94 bits per heavy atom. The molecule has 0 amide bonds. The number of ether oxygens (including phenoxy) is 2. The Morgan fingerprint density at radius 3 is 2.72 bits per heavy atom. The molecule has 1 fully saturated rings. The van der Waals surface area contributed by atoms with Gasteiger partial charge >= 0.3 is 0 Å². The Morgan fingerprint density at radius 1 is 1.17 bits per heavy atom. The number of nitrogens with one attached hydrogen (secondary N) is 1. The van der Waals surface area contributed by atoms with E-state index in [-0.39, 0.29) is 0 Å². The summed E-state index contributed by atoms with van der Waals surface area (Å²) in [4.78, 5) is 0. The fraction of sp³-hybridized carbons (Fsp3) is 0.600. The maximum atomic E-state index is 5.83. The van der Waals surface area contributed by atoms with E-state index in [0.29, 0.717) is 19.3 Å². The molecule has 1 saturated carbocycles. The second kappa shape index (κ2) is 5.19. The predicted molar refractivity (Wildman–Crippen MR) is 71.2 cm³/mol. The largest absolute Gasteiger partial charge is 0.486 e. The molecular weight excluding hydrogens is 226 g/mol. The zero-order valence-electron chi connectivity index (χ0n) is 10.9. The van der Waals surface area contributed by atoms with Gasteiger partial charge in [-0.3, -0.25) is 0 Å². The van der Waals surface area contributed by atoms with Crippen LogP contribution in [0.2, 0.25) is 0 Å². The molecule has 18 heavy (non-hydrogen) atoms. The first-order valence-electron chi connectivity index (χ1n) is 6.96. The van der Waals surface area contributed by atoms with Gasteiger partial charge in [0.1, 0.15) is 13.2 Å². The van der Waals surface area contributed by atoms with E-state index in [1.807, 2.05) is 13.1 Å². The van der Waals surface area contributed by atoms with Crippen molar-refractivity contribution in [3.8, 4) is 11.5 Å². The lowest BCUT2D eigenvalue weighted by molar-refractivity contribution is 0.167. The standard InChI is InChI=1S/C15H21NO2/c1-16-14(11-5-2-3-6-11)12-7-4-8-13-15(12)18-10-9-17-13/h4,7-8,11,14,16H,2-3,5-6,9-10H2,1H3. The topological polar surface area (TPSA) is 30.5 Å². The van der Waals surface area contributed by atoms with E-state index in [2.05, 4.69) is 17.4 Å². The normalized spacial score (nSPS) is 20.9. The van der Waals surface area contributed by atoms with Gasteiger partial charge in [0.05, 0.1) is 0 Å². The van der Waals surface area contributed by atoms with Gasteiger partial charge in [-0.1, -0.05) is 25.0 Å². The van der Waals surface area contributed by atoms with Crippen molar-refractivity contribution in [2.75, 3.05) is 20.3 Å². The molecule has 0 saturated heterocycles. The minimum atomic E-state index is 0.393. The summed E-state index contributed by atoms with van der Waals surface area (Å²) >= 11 is 0. The molecule has 2 aliphatic rings. The molecule has 0 aromatic heterocycles. The summed E-state index contributed by atoms with van der Waals surface area (Å²) in [7, 11) is 2.05. The third kappa shape index (κ3) is 2.07. The Kier molecular flexibility index (Phi) is 3.41.